The monoisotopic (exact) mass is 273 g/mol. The van der Waals surface area contributed by atoms with Crippen LogP contribution in [0, 0.1) is 6.92 Å². The molecule has 2 N–H and O–H groups in total. The predicted octanol–water partition coefficient (Wildman–Crippen LogP) is 2.07. The minimum absolute atomic E-state index is 0.479. The summed E-state index contributed by atoms with van der Waals surface area (Å²) in [5, 5.41) is 6.34. The highest BCUT2D eigenvalue weighted by Crippen LogP contribution is 2.17. The van der Waals surface area contributed by atoms with Gasteiger partial charge in [-0.25, -0.2) is 4.98 Å². The zero-order valence-corrected chi connectivity index (χ0v) is 11.0. The molecule has 0 aliphatic carbocycles. The van der Waals surface area contributed by atoms with Crippen molar-refractivity contribution in [1.29, 1.82) is 0 Å². The molecule has 96 valence electrons. The molecule has 0 radical (unpaired) electrons. The maximum absolute atomic E-state index is 5.58. The highest BCUT2D eigenvalue weighted by atomic mass is 32.1. The lowest BCUT2D eigenvalue weighted by atomic mass is 10.2. The topological polar surface area (TPSA) is 90.7 Å². The smallest absolute Gasteiger partial charge is 0.233 e. The molecule has 3 rings (SSSR count). The van der Waals surface area contributed by atoms with Gasteiger partial charge < -0.3 is 10.3 Å². The van der Waals surface area contributed by atoms with Gasteiger partial charge in [-0.2, -0.15) is 4.98 Å². The Kier molecular flexibility index (Phi) is 2.96. The van der Waals surface area contributed by atoms with Gasteiger partial charge in [-0.1, -0.05) is 5.16 Å². The molecule has 6 nitrogen and oxygen atoms in total. The SMILES string of the molecule is Cc1ccnc(-c2noc(Cc3csc(N)n3)n2)c1. The summed E-state index contributed by atoms with van der Waals surface area (Å²) in [5.41, 5.74) is 8.21. The van der Waals surface area contributed by atoms with Crippen molar-refractivity contribution in [3.05, 3.63) is 40.9 Å². The van der Waals surface area contributed by atoms with Crippen molar-refractivity contribution in [2.75, 3.05) is 5.73 Å². The summed E-state index contributed by atoms with van der Waals surface area (Å²) in [6, 6.07) is 3.83. The van der Waals surface area contributed by atoms with Crippen LogP contribution in [-0.4, -0.2) is 20.1 Å². The van der Waals surface area contributed by atoms with E-state index >= 15 is 0 Å². The number of hydrogen-bond acceptors (Lipinski definition) is 7. The molecule has 0 aromatic carbocycles. The average Bonchev–Trinajstić information content (AvgIpc) is 2.99. The van der Waals surface area contributed by atoms with Crippen molar-refractivity contribution in [3.63, 3.8) is 0 Å². The minimum Gasteiger partial charge on any atom is -0.375 e. The lowest BCUT2D eigenvalue weighted by Gasteiger charge is -1.94. The van der Waals surface area contributed by atoms with Crippen LogP contribution in [0.2, 0.25) is 0 Å². The zero-order valence-electron chi connectivity index (χ0n) is 10.2. The van der Waals surface area contributed by atoms with Crippen LogP contribution < -0.4 is 5.73 Å². The van der Waals surface area contributed by atoms with Gasteiger partial charge in [0.1, 0.15) is 5.69 Å². The fraction of sp³-hybridized carbons (Fsp3) is 0.167. The van der Waals surface area contributed by atoms with Gasteiger partial charge in [-0.3, -0.25) is 4.98 Å². The maximum atomic E-state index is 5.58. The Balaban J connectivity index is 1.83. The van der Waals surface area contributed by atoms with Gasteiger partial charge in [-0.05, 0) is 24.6 Å². The standard InChI is InChI=1S/C12H11N5OS/c1-7-2-3-14-9(4-7)11-16-10(18-17-11)5-8-6-19-12(13)15-8/h2-4,6H,5H2,1H3,(H2,13,15). The second-order valence-corrected chi connectivity index (χ2v) is 4.97. The Bertz CT molecular complexity index is 705. The third-order valence-corrected chi connectivity index (χ3v) is 3.24. The quantitative estimate of drug-likeness (QED) is 0.785. The summed E-state index contributed by atoms with van der Waals surface area (Å²) in [6.07, 6.45) is 2.20. The number of nitrogen functional groups attached to an aromatic ring is 1. The average molecular weight is 273 g/mol. The molecule has 0 spiro atoms. The minimum atomic E-state index is 0.479. The Morgan fingerprint density at radius 1 is 1.37 bits per heavy atom. The molecule has 0 aliphatic heterocycles. The summed E-state index contributed by atoms with van der Waals surface area (Å²) in [7, 11) is 0. The summed E-state index contributed by atoms with van der Waals surface area (Å²) in [6.45, 7) is 1.99. The van der Waals surface area contributed by atoms with Crippen LogP contribution in [0.1, 0.15) is 17.1 Å². The summed E-state index contributed by atoms with van der Waals surface area (Å²) < 4.78 is 5.19. The first-order valence-electron chi connectivity index (χ1n) is 5.66. The van der Waals surface area contributed by atoms with Gasteiger partial charge in [0, 0.05) is 11.6 Å². The molecule has 0 aliphatic rings. The third kappa shape index (κ3) is 2.60. The number of aromatic nitrogens is 4. The molecular weight excluding hydrogens is 262 g/mol. The van der Waals surface area contributed by atoms with Crippen molar-refractivity contribution in [2.24, 2.45) is 0 Å². The van der Waals surface area contributed by atoms with Gasteiger partial charge in [0.05, 0.1) is 12.1 Å². The molecule has 3 heterocycles. The fourth-order valence-electron chi connectivity index (χ4n) is 1.65. The fourth-order valence-corrected chi connectivity index (χ4v) is 2.21. The van der Waals surface area contributed by atoms with E-state index in [4.69, 9.17) is 10.3 Å². The van der Waals surface area contributed by atoms with Gasteiger partial charge in [0.15, 0.2) is 5.13 Å². The molecule has 7 heteroatoms. The number of thiazole rings is 1. The van der Waals surface area contributed by atoms with Crippen molar-refractivity contribution >= 4 is 16.5 Å². The highest BCUT2D eigenvalue weighted by molar-refractivity contribution is 7.13. The number of hydrogen-bond donors (Lipinski definition) is 1. The van der Waals surface area contributed by atoms with Crippen molar-refractivity contribution < 1.29 is 4.52 Å². The van der Waals surface area contributed by atoms with Crippen molar-refractivity contribution in [1.82, 2.24) is 20.1 Å². The molecule has 0 fully saturated rings. The molecule has 0 amide bonds. The summed E-state index contributed by atoms with van der Waals surface area (Å²) >= 11 is 1.39. The Morgan fingerprint density at radius 3 is 3.00 bits per heavy atom. The van der Waals surface area contributed by atoms with E-state index in [1.54, 1.807) is 6.20 Å². The lowest BCUT2D eigenvalue weighted by molar-refractivity contribution is 0.385. The second-order valence-electron chi connectivity index (χ2n) is 4.08. The predicted molar refractivity (Wildman–Crippen MR) is 71.6 cm³/mol. The highest BCUT2D eigenvalue weighted by Gasteiger charge is 2.11. The molecule has 19 heavy (non-hydrogen) atoms. The van der Waals surface area contributed by atoms with E-state index in [9.17, 15) is 0 Å². The van der Waals surface area contributed by atoms with E-state index in [-0.39, 0.29) is 0 Å². The number of nitrogens with zero attached hydrogens (tertiary/aromatic N) is 4. The van der Waals surface area contributed by atoms with Gasteiger partial charge >= 0.3 is 0 Å². The molecule has 0 bridgehead atoms. The van der Waals surface area contributed by atoms with Gasteiger partial charge in [0.2, 0.25) is 11.7 Å². The van der Waals surface area contributed by atoms with E-state index in [1.165, 1.54) is 11.3 Å². The normalized spacial score (nSPS) is 10.8. The number of nitrogens with two attached hydrogens (primary N) is 1. The molecule has 0 atom stereocenters. The Hall–Kier alpha value is -2.28. The summed E-state index contributed by atoms with van der Waals surface area (Å²) in [5.74, 6) is 0.991. The van der Waals surface area contributed by atoms with E-state index in [1.807, 2.05) is 24.4 Å². The molecule has 0 saturated carbocycles. The van der Waals surface area contributed by atoms with E-state index in [0.717, 1.165) is 11.3 Å². The van der Waals surface area contributed by atoms with E-state index < -0.39 is 0 Å². The Labute approximate surface area is 113 Å². The molecule has 3 aromatic rings. The third-order valence-electron chi connectivity index (χ3n) is 2.51. The number of rotatable bonds is 3. The molecular formula is C12H11N5OS. The first kappa shape index (κ1) is 11.8. The largest absolute Gasteiger partial charge is 0.375 e. The van der Waals surface area contributed by atoms with Crippen LogP contribution in [-0.2, 0) is 6.42 Å². The maximum Gasteiger partial charge on any atom is 0.233 e. The molecule has 0 saturated heterocycles. The molecule has 3 aromatic heterocycles. The zero-order chi connectivity index (χ0) is 13.2. The van der Waals surface area contributed by atoms with E-state index in [0.29, 0.717) is 29.0 Å². The Morgan fingerprint density at radius 2 is 2.26 bits per heavy atom. The van der Waals surface area contributed by atoms with Gasteiger partial charge in [0.25, 0.3) is 0 Å². The van der Waals surface area contributed by atoms with E-state index in [2.05, 4.69) is 20.1 Å². The lowest BCUT2D eigenvalue weighted by Crippen LogP contribution is -1.91. The number of pyridine rings is 1. The number of aryl methyl sites for hydroxylation is 1. The van der Waals surface area contributed by atoms with Crippen LogP contribution in [0.4, 0.5) is 5.13 Å². The van der Waals surface area contributed by atoms with Gasteiger partial charge in [-0.15, -0.1) is 11.3 Å². The first-order chi connectivity index (χ1) is 9.20. The molecule has 0 unspecified atom stereocenters. The van der Waals surface area contributed by atoms with Crippen molar-refractivity contribution in [2.45, 2.75) is 13.3 Å². The number of anilines is 1. The van der Waals surface area contributed by atoms with Crippen LogP contribution in [0.5, 0.6) is 0 Å². The van der Waals surface area contributed by atoms with Crippen LogP contribution in [0.25, 0.3) is 11.5 Å². The van der Waals surface area contributed by atoms with Crippen molar-refractivity contribution in [3.8, 4) is 11.5 Å². The van der Waals surface area contributed by atoms with Crippen LogP contribution >= 0.6 is 11.3 Å². The van der Waals surface area contributed by atoms with Crippen LogP contribution in [0.15, 0.2) is 28.2 Å². The summed E-state index contributed by atoms with van der Waals surface area (Å²) in [4.78, 5) is 12.7. The van der Waals surface area contributed by atoms with Crippen LogP contribution in [0.3, 0.4) is 0 Å². The first-order valence-corrected chi connectivity index (χ1v) is 6.54. The second kappa shape index (κ2) is 4.77.